The van der Waals surface area contributed by atoms with Gasteiger partial charge in [0.05, 0.1) is 16.9 Å². The van der Waals surface area contributed by atoms with E-state index in [2.05, 4.69) is 20.6 Å². The van der Waals surface area contributed by atoms with Crippen molar-refractivity contribution < 1.29 is 4.79 Å². The summed E-state index contributed by atoms with van der Waals surface area (Å²) < 4.78 is 1.42. The van der Waals surface area contributed by atoms with Gasteiger partial charge in [0.1, 0.15) is 5.69 Å². The zero-order chi connectivity index (χ0) is 17.2. The highest BCUT2D eigenvalue weighted by Gasteiger charge is 2.15. The Kier molecular flexibility index (Phi) is 4.50. The van der Waals surface area contributed by atoms with Crippen molar-refractivity contribution in [2.24, 2.45) is 0 Å². The van der Waals surface area contributed by atoms with E-state index in [-0.39, 0.29) is 11.2 Å². The van der Waals surface area contributed by atoms with Crippen molar-refractivity contribution in [3.63, 3.8) is 0 Å². The topological polar surface area (TPSA) is 88.4 Å². The molecule has 4 rings (SSSR count). The van der Waals surface area contributed by atoms with Crippen LogP contribution in [-0.2, 0) is 19.3 Å². The van der Waals surface area contributed by atoms with Crippen LogP contribution in [0.2, 0.25) is 0 Å². The summed E-state index contributed by atoms with van der Waals surface area (Å²) in [5.41, 5.74) is 1.12. The Hall–Kier alpha value is -2.26. The van der Waals surface area contributed by atoms with Crippen molar-refractivity contribution in [3.05, 3.63) is 43.7 Å². The molecule has 25 heavy (non-hydrogen) atoms. The van der Waals surface area contributed by atoms with Gasteiger partial charge >= 0.3 is 6.03 Å². The molecule has 0 bridgehead atoms. The number of fused-ring (bicyclic) bond motifs is 2. The Morgan fingerprint density at radius 1 is 1.32 bits per heavy atom. The molecule has 0 saturated heterocycles. The molecule has 0 saturated carbocycles. The molecule has 3 aromatic rings. The first-order valence-corrected chi connectivity index (χ1v) is 9.87. The van der Waals surface area contributed by atoms with Gasteiger partial charge in [0.25, 0.3) is 5.56 Å². The van der Waals surface area contributed by atoms with E-state index in [1.807, 2.05) is 0 Å². The maximum Gasteiger partial charge on any atom is 0.319 e. The lowest BCUT2D eigenvalue weighted by Gasteiger charge is -2.06. The van der Waals surface area contributed by atoms with Crippen LogP contribution in [0.3, 0.4) is 0 Å². The van der Waals surface area contributed by atoms with E-state index in [0.29, 0.717) is 17.9 Å². The second-order valence-electron chi connectivity index (χ2n) is 5.85. The Balaban J connectivity index is 1.33. The van der Waals surface area contributed by atoms with Gasteiger partial charge in [-0.15, -0.1) is 22.7 Å². The second-order valence-corrected chi connectivity index (χ2v) is 7.89. The maximum absolute atomic E-state index is 12.2. The van der Waals surface area contributed by atoms with Gasteiger partial charge < -0.3 is 10.6 Å². The quantitative estimate of drug-likeness (QED) is 0.733. The number of aromatic nitrogens is 3. The number of carbonyl (C=O) groups excluding carboxylic acids is 1. The summed E-state index contributed by atoms with van der Waals surface area (Å²) in [7, 11) is 0. The van der Waals surface area contributed by atoms with Crippen LogP contribution in [0.4, 0.5) is 10.5 Å². The highest BCUT2D eigenvalue weighted by Crippen LogP contribution is 2.26. The standard InChI is InChI=1S/C16H17N5O2S2/c22-14-11(9-18-16-21(14)7-8-24-16)20-15(23)17-6-5-13-19-10-3-1-2-4-12(10)25-13/h7-9H,1-6H2,(H2,17,20,23). The summed E-state index contributed by atoms with van der Waals surface area (Å²) in [4.78, 5) is 35.0. The lowest BCUT2D eigenvalue weighted by atomic mass is 10.0. The summed E-state index contributed by atoms with van der Waals surface area (Å²) in [6.45, 7) is 0.480. The van der Waals surface area contributed by atoms with Crippen molar-refractivity contribution in [2.75, 3.05) is 11.9 Å². The van der Waals surface area contributed by atoms with Gasteiger partial charge in [0.15, 0.2) is 4.96 Å². The van der Waals surface area contributed by atoms with Gasteiger partial charge in [0, 0.05) is 29.4 Å². The van der Waals surface area contributed by atoms with E-state index in [9.17, 15) is 9.59 Å². The van der Waals surface area contributed by atoms with E-state index >= 15 is 0 Å². The third kappa shape index (κ3) is 3.42. The molecule has 7 nitrogen and oxygen atoms in total. The number of thiazole rings is 2. The van der Waals surface area contributed by atoms with Gasteiger partial charge in [-0.05, 0) is 25.7 Å². The van der Waals surface area contributed by atoms with Gasteiger partial charge in [-0.3, -0.25) is 9.20 Å². The molecular weight excluding hydrogens is 358 g/mol. The Bertz CT molecular complexity index is 951. The molecule has 0 unspecified atom stereocenters. The Labute approximate surface area is 151 Å². The molecule has 0 aliphatic heterocycles. The number of carbonyl (C=O) groups is 1. The summed E-state index contributed by atoms with van der Waals surface area (Å²) >= 11 is 3.12. The number of nitrogens with zero attached hydrogens (tertiary/aromatic N) is 3. The van der Waals surface area contributed by atoms with Crippen LogP contribution in [0.25, 0.3) is 4.96 Å². The third-order valence-electron chi connectivity index (χ3n) is 4.11. The highest BCUT2D eigenvalue weighted by atomic mass is 32.1. The first-order valence-electron chi connectivity index (χ1n) is 8.18. The molecule has 130 valence electrons. The molecule has 0 atom stereocenters. The van der Waals surface area contributed by atoms with E-state index < -0.39 is 6.03 Å². The number of aryl methyl sites for hydroxylation is 2. The molecule has 0 fully saturated rings. The maximum atomic E-state index is 12.2. The van der Waals surface area contributed by atoms with Crippen LogP contribution < -0.4 is 16.2 Å². The predicted molar refractivity (Wildman–Crippen MR) is 98.8 cm³/mol. The van der Waals surface area contributed by atoms with Crippen molar-refractivity contribution in [1.29, 1.82) is 0 Å². The van der Waals surface area contributed by atoms with Gasteiger partial charge in [-0.2, -0.15) is 0 Å². The fourth-order valence-corrected chi connectivity index (χ4v) is 4.70. The molecular formula is C16H17N5O2S2. The van der Waals surface area contributed by atoms with Crippen molar-refractivity contribution in [3.8, 4) is 0 Å². The van der Waals surface area contributed by atoms with E-state index in [4.69, 9.17) is 0 Å². The normalized spacial score (nSPS) is 13.6. The zero-order valence-electron chi connectivity index (χ0n) is 13.4. The molecule has 1 aliphatic carbocycles. The first kappa shape index (κ1) is 16.2. The second kappa shape index (κ2) is 6.93. The number of hydrogen-bond donors (Lipinski definition) is 2. The molecule has 1 aliphatic rings. The van der Waals surface area contributed by atoms with Crippen LogP contribution in [0, 0.1) is 0 Å². The highest BCUT2D eigenvalue weighted by molar-refractivity contribution is 7.15. The van der Waals surface area contributed by atoms with Gasteiger partial charge in [-0.25, -0.2) is 14.8 Å². The molecule has 2 N–H and O–H groups in total. The fraction of sp³-hybridized carbons (Fsp3) is 0.375. The average molecular weight is 375 g/mol. The Morgan fingerprint density at radius 3 is 3.08 bits per heavy atom. The molecule has 0 radical (unpaired) electrons. The summed E-state index contributed by atoms with van der Waals surface area (Å²) in [6.07, 6.45) is 8.39. The third-order valence-corrected chi connectivity index (χ3v) is 6.09. The SMILES string of the molecule is O=C(NCCc1nc2c(s1)CCCC2)Nc1cnc2sccn2c1=O. The average Bonchev–Trinajstić information content (AvgIpc) is 3.24. The number of rotatable bonds is 4. The van der Waals surface area contributed by atoms with Crippen molar-refractivity contribution >= 4 is 39.4 Å². The molecule has 3 aromatic heterocycles. The van der Waals surface area contributed by atoms with Gasteiger partial charge in [0.2, 0.25) is 0 Å². The number of hydrogen-bond acceptors (Lipinski definition) is 6. The molecule has 3 heterocycles. The van der Waals surface area contributed by atoms with Crippen LogP contribution in [0.1, 0.15) is 28.4 Å². The lowest BCUT2D eigenvalue weighted by molar-refractivity contribution is 0.252. The minimum atomic E-state index is -0.407. The number of nitrogens with one attached hydrogen (secondary N) is 2. The van der Waals surface area contributed by atoms with Crippen LogP contribution in [0.15, 0.2) is 22.6 Å². The monoisotopic (exact) mass is 375 g/mol. The van der Waals surface area contributed by atoms with E-state index in [0.717, 1.165) is 17.8 Å². The molecule has 9 heteroatoms. The lowest BCUT2D eigenvalue weighted by Crippen LogP contribution is -2.33. The first-order chi connectivity index (χ1) is 12.2. The minimum absolute atomic E-state index is 0.165. The number of amides is 2. The summed E-state index contributed by atoms with van der Waals surface area (Å²) in [6, 6.07) is -0.407. The van der Waals surface area contributed by atoms with Gasteiger partial charge in [-0.1, -0.05) is 0 Å². The van der Waals surface area contributed by atoms with Crippen LogP contribution in [0.5, 0.6) is 0 Å². The zero-order valence-corrected chi connectivity index (χ0v) is 15.1. The number of anilines is 1. The van der Waals surface area contributed by atoms with E-state index in [1.165, 1.54) is 45.3 Å². The predicted octanol–water partition coefficient (Wildman–Crippen LogP) is 2.46. The molecule has 0 spiro atoms. The summed E-state index contributed by atoms with van der Waals surface area (Å²) in [5, 5.41) is 8.18. The molecule has 2 amide bonds. The fourth-order valence-electron chi connectivity index (χ4n) is 2.87. The number of urea groups is 1. The van der Waals surface area contributed by atoms with Crippen molar-refractivity contribution in [2.45, 2.75) is 32.1 Å². The smallest absolute Gasteiger partial charge is 0.319 e. The van der Waals surface area contributed by atoms with Crippen molar-refractivity contribution in [1.82, 2.24) is 19.7 Å². The Morgan fingerprint density at radius 2 is 2.20 bits per heavy atom. The minimum Gasteiger partial charge on any atom is -0.337 e. The summed E-state index contributed by atoms with van der Waals surface area (Å²) in [5.74, 6) is 0. The largest absolute Gasteiger partial charge is 0.337 e. The van der Waals surface area contributed by atoms with E-state index in [1.54, 1.807) is 22.9 Å². The van der Waals surface area contributed by atoms with Crippen LogP contribution in [-0.4, -0.2) is 26.9 Å². The van der Waals surface area contributed by atoms with Crippen LogP contribution >= 0.6 is 22.7 Å². The molecule has 0 aromatic carbocycles.